The number of aromatic nitrogens is 4. The summed E-state index contributed by atoms with van der Waals surface area (Å²) < 4.78 is 11.0. The van der Waals surface area contributed by atoms with E-state index in [-0.39, 0.29) is 6.04 Å². The topological polar surface area (TPSA) is 106 Å². The van der Waals surface area contributed by atoms with E-state index in [0.29, 0.717) is 36.8 Å². The predicted octanol–water partition coefficient (Wildman–Crippen LogP) is 4.84. The molecule has 0 fully saturated rings. The molecule has 3 aromatic heterocycles. The summed E-state index contributed by atoms with van der Waals surface area (Å²) in [6.07, 6.45) is 9.23. The van der Waals surface area contributed by atoms with Gasteiger partial charge in [-0.3, -0.25) is 9.88 Å². The van der Waals surface area contributed by atoms with Gasteiger partial charge in [-0.15, -0.1) is 0 Å². The number of carbonyl (C=O) groups excluding carboxylic acids is 1. The van der Waals surface area contributed by atoms with Crippen LogP contribution >= 0.6 is 0 Å². The van der Waals surface area contributed by atoms with Gasteiger partial charge in [0, 0.05) is 19.3 Å². The normalized spacial score (nSPS) is 14.8. The Morgan fingerprint density at radius 1 is 1.11 bits per heavy atom. The maximum atomic E-state index is 12.4. The van der Waals surface area contributed by atoms with Gasteiger partial charge in [0.1, 0.15) is 12.1 Å². The number of hydrogen-bond acceptors (Lipinski definition) is 8. The van der Waals surface area contributed by atoms with Crippen molar-refractivity contribution >= 4 is 6.09 Å². The van der Waals surface area contributed by atoms with Crippen LogP contribution in [-0.2, 0) is 26.1 Å². The molecule has 9 nitrogen and oxygen atoms in total. The lowest BCUT2D eigenvalue weighted by molar-refractivity contribution is 0.145. The highest BCUT2D eigenvalue weighted by atomic mass is 16.6. The molecule has 1 amide bonds. The summed E-state index contributed by atoms with van der Waals surface area (Å²) in [4.78, 5) is 31.9. The molecule has 9 heteroatoms. The van der Waals surface area contributed by atoms with Crippen LogP contribution < -0.4 is 10.1 Å². The van der Waals surface area contributed by atoms with E-state index in [0.717, 1.165) is 41.8 Å². The molecule has 0 aliphatic heterocycles. The lowest BCUT2D eigenvalue weighted by Gasteiger charge is -2.34. The van der Waals surface area contributed by atoms with Crippen LogP contribution in [0, 0.1) is 13.8 Å². The molecule has 3 heterocycles. The summed E-state index contributed by atoms with van der Waals surface area (Å²) in [5, 5.41) is 2.83. The monoisotopic (exact) mass is 498 g/mol. The second-order valence-electron chi connectivity index (χ2n) is 9.27. The van der Waals surface area contributed by atoms with Crippen molar-refractivity contribution in [2.75, 3.05) is 0 Å². The van der Waals surface area contributed by atoms with E-state index in [9.17, 15) is 4.79 Å². The van der Waals surface area contributed by atoms with Crippen LogP contribution in [0.1, 0.15) is 58.4 Å². The van der Waals surface area contributed by atoms with Crippen LogP contribution in [0.2, 0.25) is 0 Å². The van der Waals surface area contributed by atoms with Crippen molar-refractivity contribution in [3.63, 3.8) is 0 Å². The van der Waals surface area contributed by atoms with Crippen LogP contribution in [0.4, 0.5) is 4.79 Å². The number of amides is 1. The quantitative estimate of drug-likeness (QED) is 0.368. The molecule has 37 heavy (non-hydrogen) atoms. The molecule has 0 bridgehead atoms. The minimum atomic E-state index is -0.539. The van der Waals surface area contributed by atoms with E-state index in [1.54, 1.807) is 20.0 Å². The van der Waals surface area contributed by atoms with E-state index < -0.39 is 6.09 Å². The Hall–Kier alpha value is -4.11. The fourth-order valence-corrected chi connectivity index (χ4v) is 4.84. The Morgan fingerprint density at radius 2 is 1.95 bits per heavy atom. The minimum Gasteiger partial charge on any atom is -0.447 e. The summed E-state index contributed by atoms with van der Waals surface area (Å²) >= 11 is 0. The third-order valence-electron chi connectivity index (χ3n) is 6.62. The third kappa shape index (κ3) is 6.00. The van der Waals surface area contributed by atoms with E-state index in [2.05, 4.69) is 43.4 Å². The van der Waals surface area contributed by atoms with Crippen LogP contribution in [0.3, 0.4) is 0 Å². The van der Waals surface area contributed by atoms with Gasteiger partial charge in [-0.25, -0.2) is 19.7 Å². The van der Waals surface area contributed by atoms with Crippen molar-refractivity contribution < 1.29 is 13.9 Å². The minimum absolute atomic E-state index is 0.186. The van der Waals surface area contributed by atoms with Gasteiger partial charge in [0.15, 0.2) is 12.1 Å². The van der Waals surface area contributed by atoms with Crippen LogP contribution in [0.5, 0.6) is 5.75 Å². The average molecular weight is 499 g/mol. The highest BCUT2D eigenvalue weighted by Gasteiger charge is 2.28. The fourth-order valence-electron chi connectivity index (χ4n) is 4.84. The molecule has 190 valence electrons. The fraction of sp³-hybridized carbons (Fsp3) is 0.321. The Kier molecular flexibility index (Phi) is 7.51. The molecule has 1 aliphatic carbocycles. The van der Waals surface area contributed by atoms with Crippen molar-refractivity contribution in [2.24, 2.45) is 0 Å². The highest BCUT2D eigenvalue weighted by molar-refractivity contribution is 5.70. The molecule has 5 rings (SSSR count). The van der Waals surface area contributed by atoms with Crippen molar-refractivity contribution in [3.8, 4) is 5.75 Å². The lowest BCUT2D eigenvalue weighted by Crippen LogP contribution is -2.31. The lowest BCUT2D eigenvalue weighted by atomic mass is 9.90. The van der Waals surface area contributed by atoms with Crippen molar-refractivity contribution in [1.29, 1.82) is 0 Å². The molecule has 0 saturated heterocycles. The number of nitrogens with zero attached hydrogens (tertiary/aromatic N) is 5. The van der Waals surface area contributed by atoms with Gasteiger partial charge >= 0.3 is 6.09 Å². The first kappa shape index (κ1) is 24.6. The number of hydrogen-bond donors (Lipinski definition) is 1. The Balaban J connectivity index is 1.29. The molecule has 1 atom stereocenters. The number of pyridine rings is 1. The molecule has 0 spiro atoms. The van der Waals surface area contributed by atoms with Gasteiger partial charge in [0.2, 0.25) is 0 Å². The van der Waals surface area contributed by atoms with Gasteiger partial charge in [0.25, 0.3) is 0 Å². The third-order valence-corrected chi connectivity index (χ3v) is 6.62. The summed E-state index contributed by atoms with van der Waals surface area (Å²) in [5.41, 5.74) is 5.81. The number of aryl methyl sites for hydroxylation is 3. The van der Waals surface area contributed by atoms with Crippen molar-refractivity contribution in [1.82, 2.24) is 30.2 Å². The van der Waals surface area contributed by atoms with Crippen LogP contribution in [0.25, 0.3) is 0 Å². The number of nitrogens with one attached hydrogen (secondary N) is 1. The molecule has 4 aromatic rings. The van der Waals surface area contributed by atoms with Gasteiger partial charge in [-0.2, -0.15) is 0 Å². The smallest absolute Gasteiger partial charge is 0.412 e. The molecule has 0 radical (unpaired) electrons. The Bertz CT molecular complexity index is 1340. The maximum Gasteiger partial charge on any atom is 0.412 e. The first-order valence-corrected chi connectivity index (χ1v) is 12.4. The van der Waals surface area contributed by atoms with E-state index in [1.165, 1.54) is 18.3 Å². The maximum absolute atomic E-state index is 12.4. The van der Waals surface area contributed by atoms with E-state index in [4.69, 9.17) is 14.1 Å². The molecule has 0 saturated carbocycles. The Morgan fingerprint density at radius 3 is 2.76 bits per heavy atom. The zero-order chi connectivity index (χ0) is 25.6. The standard InChI is InChI=1S/C28H30N6O3/c1-19-27(20(2)33-17-32-19)37-28(35)31-13-21-6-3-7-22(12-21)15-34(16-24-14-29-18-36-24)25-10-4-8-23-9-5-11-30-26(23)25/h3,5-7,9,11-12,14,17-18,25H,4,8,10,13,15-16H2,1-2H3,(H,31,35). The van der Waals surface area contributed by atoms with Crippen LogP contribution in [-0.4, -0.2) is 30.9 Å². The number of benzene rings is 1. The molecule has 1 N–H and O–H groups in total. The SMILES string of the molecule is Cc1ncnc(C)c1OC(=O)NCc1cccc(CN(Cc2cnco2)C2CCCc3cccnc32)c1. The molecular formula is C28H30N6O3. The molecule has 1 aromatic carbocycles. The first-order chi connectivity index (χ1) is 18.1. The average Bonchev–Trinajstić information content (AvgIpc) is 3.42. The Labute approximate surface area is 216 Å². The first-order valence-electron chi connectivity index (χ1n) is 12.4. The predicted molar refractivity (Wildman–Crippen MR) is 136 cm³/mol. The highest BCUT2D eigenvalue weighted by Crippen LogP contribution is 2.34. The molecule has 1 aliphatic rings. The summed E-state index contributed by atoms with van der Waals surface area (Å²) in [5.74, 6) is 1.21. The molecule has 1 unspecified atom stereocenters. The van der Waals surface area contributed by atoms with Gasteiger partial charge in [-0.1, -0.05) is 30.3 Å². The van der Waals surface area contributed by atoms with E-state index >= 15 is 0 Å². The number of carbonyl (C=O) groups is 1. The number of oxazole rings is 1. The van der Waals surface area contributed by atoms with Gasteiger partial charge in [0.05, 0.1) is 35.9 Å². The largest absolute Gasteiger partial charge is 0.447 e. The summed E-state index contributed by atoms with van der Waals surface area (Å²) in [6.45, 7) is 5.25. The second kappa shape index (κ2) is 11.3. The van der Waals surface area contributed by atoms with Crippen molar-refractivity contribution in [2.45, 2.75) is 58.8 Å². The number of fused-ring (bicyclic) bond motifs is 1. The second-order valence-corrected chi connectivity index (χ2v) is 9.27. The summed E-state index contributed by atoms with van der Waals surface area (Å²) in [7, 11) is 0. The van der Waals surface area contributed by atoms with Crippen molar-refractivity contribution in [3.05, 3.63) is 101 Å². The van der Waals surface area contributed by atoms with Gasteiger partial charge in [-0.05, 0) is 55.9 Å². The zero-order valence-electron chi connectivity index (χ0n) is 21.1. The van der Waals surface area contributed by atoms with Gasteiger partial charge < -0.3 is 14.5 Å². The zero-order valence-corrected chi connectivity index (χ0v) is 21.1. The summed E-state index contributed by atoms with van der Waals surface area (Å²) in [6, 6.07) is 12.6. The molecular weight excluding hydrogens is 468 g/mol. The van der Waals surface area contributed by atoms with Crippen LogP contribution in [0.15, 0.2) is 65.9 Å². The number of ether oxygens (including phenoxy) is 1. The number of rotatable bonds is 8. The van der Waals surface area contributed by atoms with E-state index in [1.807, 2.05) is 24.4 Å².